The van der Waals surface area contributed by atoms with Crippen LogP contribution in [-0.2, 0) is 19.1 Å². The molecule has 1 fully saturated rings. The van der Waals surface area contributed by atoms with Crippen molar-refractivity contribution in [2.75, 3.05) is 40.3 Å². The smallest absolute Gasteiger partial charge is 0.333 e. The number of piperidine rings is 1. The molecule has 0 saturated carbocycles. The number of ether oxygens (including phenoxy) is 1. The minimum atomic E-state index is -0.377. The van der Waals surface area contributed by atoms with Crippen molar-refractivity contribution < 1.29 is 19.1 Å². The number of nitrogens with one attached hydrogen (secondary N) is 1. The molecule has 0 aromatic heterocycles. The SMILES string of the molecule is CC(C)C.CCOC(=O)/C(C)=C/[C@H](C(C)CC)N(C)C(=O)CNC=O.CN1CCCCC1. The third-order valence-corrected chi connectivity index (χ3v) is 5.00. The van der Waals surface area contributed by atoms with Crippen molar-refractivity contribution in [3.63, 3.8) is 0 Å². The minimum Gasteiger partial charge on any atom is -0.463 e. The van der Waals surface area contributed by atoms with Crippen LogP contribution in [0.2, 0.25) is 0 Å². The molecule has 188 valence electrons. The number of hydrogen-bond donors (Lipinski definition) is 1. The second kappa shape index (κ2) is 19.8. The first-order valence-corrected chi connectivity index (χ1v) is 12.0. The second-order valence-corrected chi connectivity index (χ2v) is 9.05. The van der Waals surface area contributed by atoms with E-state index in [1.165, 1.54) is 32.4 Å². The van der Waals surface area contributed by atoms with Crippen molar-refractivity contribution >= 4 is 18.3 Å². The third kappa shape index (κ3) is 16.8. The lowest BCUT2D eigenvalue weighted by Crippen LogP contribution is -2.44. The fourth-order valence-electron chi connectivity index (χ4n) is 2.94. The van der Waals surface area contributed by atoms with E-state index >= 15 is 0 Å². The Morgan fingerprint density at radius 3 is 2.00 bits per heavy atom. The van der Waals surface area contributed by atoms with Crippen LogP contribution >= 0.6 is 0 Å². The summed E-state index contributed by atoms with van der Waals surface area (Å²) >= 11 is 0. The first kappa shape index (κ1) is 32.3. The largest absolute Gasteiger partial charge is 0.463 e. The zero-order valence-corrected chi connectivity index (χ0v) is 22.1. The van der Waals surface area contributed by atoms with Crippen molar-refractivity contribution in [3.8, 4) is 0 Å². The Bertz CT molecular complexity index is 541. The fourth-order valence-corrected chi connectivity index (χ4v) is 2.94. The maximum atomic E-state index is 12.0. The maximum Gasteiger partial charge on any atom is 0.333 e. The van der Waals surface area contributed by atoms with Gasteiger partial charge in [-0.2, -0.15) is 0 Å². The van der Waals surface area contributed by atoms with Crippen molar-refractivity contribution in [2.24, 2.45) is 11.8 Å². The summed E-state index contributed by atoms with van der Waals surface area (Å²) in [4.78, 5) is 37.9. The number of esters is 1. The van der Waals surface area contributed by atoms with E-state index < -0.39 is 0 Å². The molecule has 0 aromatic carbocycles. The number of amides is 2. The number of carbonyl (C=O) groups is 3. The van der Waals surface area contributed by atoms with Gasteiger partial charge in [-0.3, -0.25) is 9.59 Å². The van der Waals surface area contributed by atoms with Gasteiger partial charge in [0, 0.05) is 12.6 Å². The summed E-state index contributed by atoms with van der Waals surface area (Å²) < 4.78 is 4.95. The summed E-state index contributed by atoms with van der Waals surface area (Å²) in [5.41, 5.74) is 0.477. The number of likely N-dealkylation sites (tertiary alicyclic amines) is 1. The first-order valence-electron chi connectivity index (χ1n) is 12.0. The van der Waals surface area contributed by atoms with E-state index in [0.29, 0.717) is 18.6 Å². The van der Waals surface area contributed by atoms with Gasteiger partial charge in [-0.15, -0.1) is 0 Å². The molecule has 1 rings (SSSR count). The second-order valence-electron chi connectivity index (χ2n) is 9.05. The minimum absolute atomic E-state index is 0.0563. The molecule has 1 unspecified atom stereocenters. The van der Waals surface area contributed by atoms with E-state index in [0.717, 1.165) is 12.3 Å². The van der Waals surface area contributed by atoms with Crippen LogP contribution in [0.25, 0.3) is 0 Å². The van der Waals surface area contributed by atoms with Gasteiger partial charge in [0.25, 0.3) is 0 Å². The highest BCUT2D eigenvalue weighted by molar-refractivity contribution is 5.88. The topological polar surface area (TPSA) is 79.0 Å². The van der Waals surface area contributed by atoms with Gasteiger partial charge in [-0.25, -0.2) is 4.79 Å². The highest BCUT2D eigenvalue weighted by Gasteiger charge is 2.23. The Labute approximate surface area is 196 Å². The molecular weight excluding hydrogens is 406 g/mol. The Balaban J connectivity index is 0. The Kier molecular flexibility index (Phi) is 19.9. The number of carbonyl (C=O) groups excluding carboxylic acids is 3. The zero-order valence-electron chi connectivity index (χ0n) is 22.1. The van der Waals surface area contributed by atoms with E-state index in [-0.39, 0.29) is 30.4 Å². The van der Waals surface area contributed by atoms with Crippen LogP contribution < -0.4 is 5.32 Å². The molecule has 1 aliphatic rings. The monoisotopic (exact) mass is 455 g/mol. The molecule has 0 bridgehead atoms. The summed E-state index contributed by atoms with van der Waals surface area (Å²) in [5.74, 6) is 0.428. The predicted octanol–water partition coefficient (Wildman–Crippen LogP) is 3.88. The Hall–Kier alpha value is -1.89. The number of likely N-dealkylation sites (N-methyl/N-ethyl adjacent to an activating group) is 1. The van der Waals surface area contributed by atoms with Gasteiger partial charge >= 0.3 is 5.97 Å². The molecule has 0 radical (unpaired) electrons. The van der Waals surface area contributed by atoms with E-state index in [1.54, 1.807) is 31.9 Å². The average molecular weight is 456 g/mol. The van der Waals surface area contributed by atoms with Gasteiger partial charge in [0.05, 0.1) is 19.2 Å². The van der Waals surface area contributed by atoms with Crippen LogP contribution in [0.4, 0.5) is 0 Å². The normalized spacial score (nSPS) is 15.9. The Morgan fingerprint density at radius 1 is 1.09 bits per heavy atom. The lowest BCUT2D eigenvalue weighted by Gasteiger charge is -2.30. The highest BCUT2D eigenvalue weighted by atomic mass is 16.5. The number of nitrogens with zero attached hydrogens (tertiary/aromatic N) is 2. The van der Waals surface area contributed by atoms with Gasteiger partial charge in [-0.1, -0.05) is 53.5 Å². The standard InChI is InChI=1S/C15H26N2O4.C6H13N.C4H10/c1-6-11(3)13(8-12(4)15(20)21-7-2)17(5)14(19)9-16-10-18;1-7-5-3-2-4-6-7;1-4(2)3/h8,10-11,13H,6-7,9H2,1-5H3,(H,16,18);2-6H2,1H3;4H,1-3H3/b12-8+;;/t11?,13-;;/m1../s1. The van der Waals surface area contributed by atoms with Crippen LogP contribution in [0.5, 0.6) is 0 Å². The van der Waals surface area contributed by atoms with Gasteiger partial charge in [0.15, 0.2) is 0 Å². The van der Waals surface area contributed by atoms with Crippen molar-refractivity contribution in [1.82, 2.24) is 15.1 Å². The molecule has 0 spiro atoms. The van der Waals surface area contributed by atoms with Gasteiger partial charge in [-0.05, 0) is 58.7 Å². The van der Waals surface area contributed by atoms with Gasteiger partial charge in [0.1, 0.15) is 0 Å². The predicted molar refractivity (Wildman–Crippen MR) is 132 cm³/mol. The summed E-state index contributed by atoms with van der Waals surface area (Å²) in [7, 11) is 3.86. The Morgan fingerprint density at radius 2 is 1.62 bits per heavy atom. The molecule has 0 aromatic rings. The molecule has 2 amide bonds. The van der Waals surface area contributed by atoms with E-state index in [2.05, 4.69) is 38.0 Å². The summed E-state index contributed by atoms with van der Waals surface area (Å²) in [6.45, 7) is 16.9. The highest BCUT2D eigenvalue weighted by Crippen LogP contribution is 2.17. The number of hydrogen-bond acceptors (Lipinski definition) is 5. The average Bonchev–Trinajstić information content (AvgIpc) is 2.75. The quantitative estimate of drug-likeness (QED) is 0.324. The van der Waals surface area contributed by atoms with E-state index in [1.807, 2.05) is 13.8 Å². The lowest BCUT2D eigenvalue weighted by atomic mass is 9.95. The lowest BCUT2D eigenvalue weighted by molar-refractivity contribution is -0.138. The summed E-state index contributed by atoms with van der Waals surface area (Å²) in [6, 6.07) is -0.222. The van der Waals surface area contributed by atoms with E-state index in [4.69, 9.17) is 4.74 Å². The van der Waals surface area contributed by atoms with Gasteiger partial charge in [0.2, 0.25) is 12.3 Å². The molecule has 1 heterocycles. The molecule has 2 atom stereocenters. The fraction of sp³-hybridized carbons (Fsp3) is 0.800. The molecule has 7 heteroatoms. The third-order valence-electron chi connectivity index (χ3n) is 5.00. The summed E-state index contributed by atoms with van der Waals surface area (Å²) in [6.07, 6.45) is 7.38. The van der Waals surface area contributed by atoms with Crippen molar-refractivity contribution in [3.05, 3.63) is 11.6 Å². The van der Waals surface area contributed by atoms with Crippen LogP contribution in [0, 0.1) is 11.8 Å². The summed E-state index contributed by atoms with van der Waals surface area (Å²) in [5, 5.41) is 2.35. The van der Waals surface area contributed by atoms with Crippen LogP contribution in [0.3, 0.4) is 0 Å². The van der Waals surface area contributed by atoms with Crippen LogP contribution in [0.1, 0.15) is 74.1 Å². The molecule has 1 aliphatic heterocycles. The van der Waals surface area contributed by atoms with Crippen molar-refractivity contribution in [1.29, 1.82) is 0 Å². The molecule has 7 nitrogen and oxygen atoms in total. The zero-order chi connectivity index (χ0) is 25.1. The molecule has 0 aliphatic carbocycles. The van der Waals surface area contributed by atoms with Gasteiger partial charge < -0.3 is 19.9 Å². The van der Waals surface area contributed by atoms with Crippen LogP contribution in [-0.4, -0.2) is 74.5 Å². The molecule has 1 N–H and O–H groups in total. The molecule has 1 saturated heterocycles. The van der Waals surface area contributed by atoms with E-state index in [9.17, 15) is 14.4 Å². The molecular formula is C25H49N3O4. The number of rotatable bonds is 9. The maximum absolute atomic E-state index is 12.0. The molecule has 32 heavy (non-hydrogen) atoms. The first-order chi connectivity index (χ1) is 15.0. The van der Waals surface area contributed by atoms with Crippen molar-refractivity contribution in [2.45, 2.75) is 80.2 Å². The van der Waals surface area contributed by atoms with Crippen LogP contribution in [0.15, 0.2) is 11.6 Å².